The normalized spacial score (nSPS) is 17.4. The summed E-state index contributed by atoms with van der Waals surface area (Å²) in [6, 6.07) is 9.85. The molecule has 6 nitrogen and oxygen atoms in total. The monoisotopic (exact) mass is 312 g/mol. The number of aryl methyl sites for hydroxylation is 1. The maximum Gasteiger partial charge on any atom is 0.222 e. The second-order valence-electron chi connectivity index (χ2n) is 5.86. The summed E-state index contributed by atoms with van der Waals surface area (Å²) in [6.45, 7) is 1.08. The summed E-state index contributed by atoms with van der Waals surface area (Å²) in [7, 11) is 0. The Hall–Kier alpha value is -2.63. The Balaban J connectivity index is 1.54. The lowest BCUT2D eigenvalue weighted by atomic mass is 10.1. The van der Waals surface area contributed by atoms with E-state index < -0.39 is 0 Å². The van der Waals surface area contributed by atoms with Crippen molar-refractivity contribution in [3.63, 3.8) is 0 Å². The van der Waals surface area contributed by atoms with Crippen LogP contribution in [0, 0.1) is 5.92 Å². The molecule has 1 aromatic heterocycles. The van der Waals surface area contributed by atoms with Gasteiger partial charge in [-0.05, 0) is 30.5 Å². The van der Waals surface area contributed by atoms with Crippen LogP contribution in [0.1, 0.15) is 18.4 Å². The lowest BCUT2D eigenvalue weighted by molar-refractivity contribution is -0.130. The minimum Gasteiger partial charge on any atom is -0.369 e. The van der Waals surface area contributed by atoms with Crippen molar-refractivity contribution in [2.24, 2.45) is 11.7 Å². The quantitative estimate of drug-likeness (QED) is 0.899. The first-order valence-corrected chi connectivity index (χ1v) is 7.79. The maximum atomic E-state index is 12.2. The third-order valence-corrected chi connectivity index (χ3v) is 4.23. The molecule has 2 aromatic rings. The summed E-state index contributed by atoms with van der Waals surface area (Å²) in [5.74, 6) is -0.439. The van der Waals surface area contributed by atoms with Gasteiger partial charge >= 0.3 is 0 Å². The summed E-state index contributed by atoms with van der Waals surface area (Å²) < 4.78 is 1.80. The summed E-state index contributed by atoms with van der Waals surface area (Å²) in [5, 5.41) is 4.33. The van der Waals surface area contributed by atoms with Crippen LogP contribution in [0.3, 0.4) is 0 Å². The van der Waals surface area contributed by atoms with Gasteiger partial charge in [-0.1, -0.05) is 18.2 Å². The molecule has 0 radical (unpaired) electrons. The molecular weight excluding hydrogens is 292 g/mol. The number of benzene rings is 1. The number of aromatic nitrogens is 2. The molecule has 3 rings (SSSR count). The molecule has 0 aliphatic carbocycles. The predicted octanol–water partition coefficient (Wildman–Crippen LogP) is 1.14. The Labute approximate surface area is 134 Å². The van der Waals surface area contributed by atoms with Crippen LogP contribution < -0.4 is 5.73 Å². The Morgan fingerprint density at radius 1 is 1.26 bits per heavy atom. The minimum absolute atomic E-state index is 0.0706. The summed E-state index contributed by atoms with van der Waals surface area (Å²) in [5.41, 5.74) is 7.31. The lowest BCUT2D eigenvalue weighted by Gasteiger charge is -2.15. The molecule has 1 aromatic carbocycles. The summed E-state index contributed by atoms with van der Waals surface area (Å²) in [4.78, 5) is 25.1. The van der Waals surface area contributed by atoms with E-state index in [0.717, 1.165) is 11.3 Å². The van der Waals surface area contributed by atoms with Crippen LogP contribution in [0.5, 0.6) is 0 Å². The molecule has 1 aliphatic heterocycles. The van der Waals surface area contributed by atoms with Gasteiger partial charge in [-0.15, -0.1) is 0 Å². The molecule has 1 atom stereocenters. The third-order valence-electron chi connectivity index (χ3n) is 4.23. The Kier molecular flexibility index (Phi) is 4.41. The van der Waals surface area contributed by atoms with Gasteiger partial charge in [0, 0.05) is 25.7 Å². The topological polar surface area (TPSA) is 81.2 Å². The van der Waals surface area contributed by atoms with Gasteiger partial charge in [0.2, 0.25) is 11.8 Å². The number of likely N-dealkylation sites (tertiary alicyclic amines) is 1. The van der Waals surface area contributed by atoms with Crippen molar-refractivity contribution in [3.05, 3.63) is 48.3 Å². The van der Waals surface area contributed by atoms with E-state index in [1.54, 1.807) is 15.8 Å². The Morgan fingerprint density at radius 2 is 2.04 bits per heavy atom. The van der Waals surface area contributed by atoms with Crippen molar-refractivity contribution >= 4 is 11.8 Å². The fourth-order valence-electron chi connectivity index (χ4n) is 2.84. The van der Waals surface area contributed by atoms with Crippen LogP contribution in [-0.4, -0.2) is 39.6 Å². The minimum atomic E-state index is -0.315. The number of carbonyl (C=O) groups is 2. The first kappa shape index (κ1) is 15.3. The first-order chi connectivity index (χ1) is 11.1. The highest BCUT2D eigenvalue weighted by molar-refractivity contribution is 5.81. The van der Waals surface area contributed by atoms with Gasteiger partial charge in [0.25, 0.3) is 0 Å². The molecule has 0 unspecified atom stereocenters. The van der Waals surface area contributed by atoms with E-state index in [9.17, 15) is 9.59 Å². The van der Waals surface area contributed by atoms with Crippen LogP contribution in [0.25, 0.3) is 5.69 Å². The van der Waals surface area contributed by atoms with Gasteiger partial charge in [0.05, 0.1) is 17.8 Å². The highest BCUT2D eigenvalue weighted by atomic mass is 16.2. The van der Waals surface area contributed by atoms with E-state index in [0.29, 0.717) is 32.4 Å². The number of nitrogens with two attached hydrogens (primary N) is 1. The summed E-state index contributed by atoms with van der Waals surface area (Å²) >= 11 is 0. The summed E-state index contributed by atoms with van der Waals surface area (Å²) in [6.07, 6.45) is 5.47. The maximum absolute atomic E-state index is 12.2. The van der Waals surface area contributed by atoms with E-state index in [1.807, 2.05) is 36.5 Å². The second-order valence-corrected chi connectivity index (χ2v) is 5.86. The first-order valence-electron chi connectivity index (χ1n) is 7.79. The Bertz CT molecular complexity index is 696. The standard InChI is InChI=1S/C17H20N4O2/c18-17(23)14-8-9-20(12-14)16(22)7-6-13-10-19-21(11-13)15-4-2-1-3-5-15/h1-5,10-11,14H,6-9,12H2,(H2,18,23)/t14-/m0/s1. The van der Waals surface area contributed by atoms with Crippen molar-refractivity contribution in [1.29, 1.82) is 0 Å². The van der Waals surface area contributed by atoms with Crippen LogP contribution in [0.2, 0.25) is 0 Å². The van der Waals surface area contributed by atoms with Gasteiger partial charge in [0.1, 0.15) is 0 Å². The molecule has 2 amide bonds. The molecule has 120 valence electrons. The van der Waals surface area contributed by atoms with E-state index in [2.05, 4.69) is 5.10 Å². The molecule has 0 bridgehead atoms. The zero-order chi connectivity index (χ0) is 16.2. The van der Waals surface area contributed by atoms with Crippen LogP contribution in [-0.2, 0) is 16.0 Å². The largest absolute Gasteiger partial charge is 0.369 e. The van der Waals surface area contributed by atoms with E-state index in [4.69, 9.17) is 5.73 Å². The van der Waals surface area contributed by atoms with Crippen LogP contribution in [0.4, 0.5) is 0 Å². The average Bonchev–Trinajstić information content (AvgIpc) is 3.23. The van der Waals surface area contributed by atoms with Gasteiger partial charge in [0.15, 0.2) is 0 Å². The molecule has 23 heavy (non-hydrogen) atoms. The molecule has 0 saturated carbocycles. The van der Waals surface area contributed by atoms with E-state index in [1.165, 1.54) is 0 Å². The predicted molar refractivity (Wildman–Crippen MR) is 85.8 cm³/mol. The number of para-hydroxylation sites is 1. The number of rotatable bonds is 5. The number of hydrogen-bond acceptors (Lipinski definition) is 3. The number of carbonyl (C=O) groups excluding carboxylic acids is 2. The van der Waals surface area contributed by atoms with Crippen molar-refractivity contribution in [2.75, 3.05) is 13.1 Å². The molecule has 1 fully saturated rings. The Morgan fingerprint density at radius 3 is 2.74 bits per heavy atom. The molecule has 0 spiro atoms. The zero-order valence-electron chi connectivity index (χ0n) is 12.9. The number of nitrogens with zero attached hydrogens (tertiary/aromatic N) is 3. The van der Waals surface area contributed by atoms with Gasteiger partial charge in [-0.25, -0.2) is 4.68 Å². The molecule has 2 heterocycles. The zero-order valence-corrected chi connectivity index (χ0v) is 12.9. The highest BCUT2D eigenvalue weighted by Crippen LogP contribution is 2.17. The molecular formula is C17H20N4O2. The molecule has 1 aliphatic rings. The number of hydrogen-bond donors (Lipinski definition) is 1. The fourth-order valence-corrected chi connectivity index (χ4v) is 2.84. The van der Waals surface area contributed by atoms with Crippen LogP contribution in [0.15, 0.2) is 42.7 Å². The second kappa shape index (κ2) is 6.64. The van der Waals surface area contributed by atoms with Crippen molar-refractivity contribution < 1.29 is 9.59 Å². The molecule has 2 N–H and O–H groups in total. The smallest absolute Gasteiger partial charge is 0.222 e. The highest BCUT2D eigenvalue weighted by Gasteiger charge is 2.29. The van der Waals surface area contributed by atoms with Crippen molar-refractivity contribution in [3.8, 4) is 5.69 Å². The molecule has 6 heteroatoms. The van der Waals surface area contributed by atoms with E-state index >= 15 is 0 Å². The van der Waals surface area contributed by atoms with Gasteiger partial charge < -0.3 is 10.6 Å². The number of primary amides is 1. The fraction of sp³-hybridized carbons (Fsp3) is 0.353. The average molecular weight is 312 g/mol. The number of amides is 2. The van der Waals surface area contributed by atoms with Crippen LogP contribution >= 0.6 is 0 Å². The third kappa shape index (κ3) is 3.59. The van der Waals surface area contributed by atoms with Crippen molar-refractivity contribution in [1.82, 2.24) is 14.7 Å². The SMILES string of the molecule is NC(=O)[C@H]1CCN(C(=O)CCc2cnn(-c3ccccc3)c2)C1. The van der Waals surface area contributed by atoms with Crippen molar-refractivity contribution in [2.45, 2.75) is 19.3 Å². The van der Waals surface area contributed by atoms with E-state index in [-0.39, 0.29) is 17.7 Å². The lowest BCUT2D eigenvalue weighted by Crippen LogP contribution is -2.31. The van der Waals surface area contributed by atoms with Gasteiger partial charge in [-0.2, -0.15) is 5.10 Å². The molecule has 1 saturated heterocycles. The van der Waals surface area contributed by atoms with Gasteiger partial charge in [-0.3, -0.25) is 9.59 Å².